The molecule has 7 nitrogen and oxygen atoms in total. The van der Waals surface area contributed by atoms with Crippen LogP contribution in [0.4, 0.5) is 5.13 Å². The van der Waals surface area contributed by atoms with Crippen molar-refractivity contribution in [2.45, 2.75) is 76.3 Å². The van der Waals surface area contributed by atoms with Crippen LogP contribution < -0.4 is 4.90 Å². The van der Waals surface area contributed by atoms with Crippen LogP contribution >= 0.6 is 11.3 Å². The Bertz CT molecular complexity index is 1520. The van der Waals surface area contributed by atoms with E-state index in [1.807, 2.05) is 25.1 Å². The molecular formula is C30H35N3O4S2. The van der Waals surface area contributed by atoms with Crippen molar-refractivity contribution >= 4 is 42.6 Å². The van der Waals surface area contributed by atoms with Gasteiger partial charge in [-0.2, -0.15) is 4.31 Å². The second-order valence-corrected chi connectivity index (χ2v) is 13.2. The topological polar surface area (TPSA) is 83.7 Å². The summed E-state index contributed by atoms with van der Waals surface area (Å²) < 4.78 is 35.2. The van der Waals surface area contributed by atoms with E-state index in [4.69, 9.17) is 9.40 Å². The zero-order chi connectivity index (χ0) is 27.6. The van der Waals surface area contributed by atoms with E-state index in [1.165, 1.54) is 11.3 Å². The molecule has 1 fully saturated rings. The maximum Gasteiger partial charge on any atom is 0.260 e. The minimum absolute atomic E-state index is 0.0358. The average molecular weight is 566 g/mol. The third-order valence-corrected chi connectivity index (χ3v) is 10.5. The summed E-state index contributed by atoms with van der Waals surface area (Å²) in [6, 6.07) is 16.1. The fourth-order valence-corrected chi connectivity index (χ4v) is 8.07. The van der Waals surface area contributed by atoms with Crippen molar-refractivity contribution in [2.75, 3.05) is 11.4 Å². The SMILES string of the molecule is CCN(C1CCCCC1)S(=O)(=O)c1ccc(C(=O)N(Cc2ccco2)c2nc3c(C(C)C)cccc3s2)cc1. The molecule has 206 valence electrons. The molecule has 5 rings (SSSR count). The van der Waals surface area contributed by atoms with Crippen molar-refractivity contribution in [2.24, 2.45) is 0 Å². The lowest BCUT2D eigenvalue weighted by Crippen LogP contribution is -2.41. The zero-order valence-corrected chi connectivity index (χ0v) is 24.3. The van der Waals surface area contributed by atoms with Gasteiger partial charge < -0.3 is 4.42 Å². The predicted octanol–water partition coefficient (Wildman–Crippen LogP) is 7.20. The van der Waals surface area contributed by atoms with Gasteiger partial charge in [0.15, 0.2) is 5.13 Å². The van der Waals surface area contributed by atoms with E-state index in [0.29, 0.717) is 28.9 Å². The Hall–Kier alpha value is -3.01. The lowest BCUT2D eigenvalue weighted by atomic mass is 9.95. The third-order valence-electron chi connectivity index (χ3n) is 7.43. The first-order chi connectivity index (χ1) is 18.8. The highest BCUT2D eigenvalue weighted by Gasteiger charge is 2.31. The molecule has 0 saturated heterocycles. The highest BCUT2D eigenvalue weighted by molar-refractivity contribution is 7.89. The Morgan fingerprint density at radius 3 is 2.44 bits per heavy atom. The van der Waals surface area contributed by atoms with Crippen molar-refractivity contribution in [1.29, 1.82) is 0 Å². The van der Waals surface area contributed by atoms with Gasteiger partial charge in [-0.05, 0) is 66.8 Å². The molecule has 0 bridgehead atoms. The number of anilines is 1. The molecule has 2 aromatic heterocycles. The van der Waals surface area contributed by atoms with Gasteiger partial charge in [-0.15, -0.1) is 0 Å². The van der Waals surface area contributed by atoms with Crippen molar-refractivity contribution < 1.29 is 17.6 Å². The van der Waals surface area contributed by atoms with Gasteiger partial charge in [-0.1, -0.05) is 63.5 Å². The van der Waals surface area contributed by atoms with Gasteiger partial charge in [0, 0.05) is 18.2 Å². The van der Waals surface area contributed by atoms with E-state index >= 15 is 0 Å². The second kappa shape index (κ2) is 11.6. The van der Waals surface area contributed by atoms with Crippen LogP contribution in [0.5, 0.6) is 0 Å². The smallest absolute Gasteiger partial charge is 0.260 e. The van der Waals surface area contributed by atoms with Gasteiger partial charge >= 0.3 is 0 Å². The van der Waals surface area contributed by atoms with Crippen molar-refractivity contribution in [3.8, 4) is 0 Å². The maximum atomic E-state index is 13.9. The number of hydrogen-bond acceptors (Lipinski definition) is 6. The lowest BCUT2D eigenvalue weighted by molar-refractivity contribution is 0.0983. The molecule has 1 saturated carbocycles. The van der Waals surface area contributed by atoms with Crippen molar-refractivity contribution in [3.63, 3.8) is 0 Å². The number of carbonyl (C=O) groups excluding carboxylic acids is 1. The molecule has 0 spiro atoms. The van der Waals surface area contributed by atoms with Crippen LogP contribution in [0.1, 0.15) is 80.5 Å². The normalized spacial score (nSPS) is 14.9. The van der Waals surface area contributed by atoms with Crippen LogP contribution in [0, 0.1) is 0 Å². The number of sulfonamides is 1. The molecule has 1 amide bonds. The number of para-hydroxylation sites is 1. The van der Waals surface area contributed by atoms with E-state index in [0.717, 1.165) is 47.9 Å². The Balaban J connectivity index is 1.46. The van der Waals surface area contributed by atoms with Crippen molar-refractivity contribution in [1.82, 2.24) is 9.29 Å². The summed E-state index contributed by atoms with van der Waals surface area (Å²) in [5.74, 6) is 0.667. The van der Waals surface area contributed by atoms with Gasteiger partial charge in [0.2, 0.25) is 10.0 Å². The molecule has 0 aliphatic heterocycles. The number of nitrogens with zero attached hydrogens (tertiary/aromatic N) is 3. The molecule has 2 heterocycles. The van der Waals surface area contributed by atoms with Gasteiger partial charge in [0.1, 0.15) is 5.76 Å². The van der Waals surface area contributed by atoms with Crippen LogP contribution in [-0.2, 0) is 16.6 Å². The number of fused-ring (bicyclic) bond motifs is 1. The molecule has 0 N–H and O–H groups in total. The predicted molar refractivity (Wildman–Crippen MR) is 156 cm³/mol. The average Bonchev–Trinajstić information content (AvgIpc) is 3.62. The van der Waals surface area contributed by atoms with E-state index in [-0.39, 0.29) is 23.4 Å². The van der Waals surface area contributed by atoms with Crippen LogP contribution in [-0.4, -0.2) is 36.2 Å². The monoisotopic (exact) mass is 565 g/mol. The molecule has 1 aliphatic rings. The van der Waals surface area contributed by atoms with E-state index < -0.39 is 10.0 Å². The molecule has 0 atom stereocenters. The summed E-state index contributed by atoms with van der Waals surface area (Å²) in [5.41, 5.74) is 2.42. The number of amides is 1. The van der Waals surface area contributed by atoms with Gasteiger partial charge in [-0.25, -0.2) is 13.4 Å². The zero-order valence-electron chi connectivity index (χ0n) is 22.7. The summed E-state index contributed by atoms with van der Waals surface area (Å²) in [7, 11) is -3.65. The number of carbonyl (C=O) groups is 1. The lowest BCUT2D eigenvalue weighted by Gasteiger charge is -2.32. The molecule has 0 unspecified atom stereocenters. The third kappa shape index (κ3) is 5.66. The summed E-state index contributed by atoms with van der Waals surface area (Å²) in [5, 5.41) is 0.575. The van der Waals surface area contributed by atoms with Crippen LogP contribution in [0.2, 0.25) is 0 Å². The fraction of sp³-hybridized carbons (Fsp3) is 0.400. The number of thiazole rings is 1. The molecular weight excluding hydrogens is 530 g/mol. The Morgan fingerprint density at radius 1 is 1.05 bits per heavy atom. The second-order valence-electron chi connectivity index (χ2n) is 10.3. The number of benzene rings is 2. The molecule has 39 heavy (non-hydrogen) atoms. The quantitative estimate of drug-likeness (QED) is 0.214. The number of hydrogen-bond donors (Lipinski definition) is 0. The molecule has 9 heteroatoms. The Kier molecular flexibility index (Phi) is 8.21. The van der Waals surface area contributed by atoms with Crippen LogP contribution in [0.25, 0.3) is 10.2 Å². The van der Waals surface area contributed by atoms with E-state index in [9.17, 15) is 13.2 Å². The fourth-order valence-electron chi connectivity index (χ4n) is 5.38. The first-order valence-electron chi connectivity index (χ1n) is 13.6. The summed E-state index contributed by atoms with van der Waals surface area (Å²) >= 11 is 1.46. The molecule has 0 radical (unpaired) electrons. The first-order valence-corrected chi connectivity index (χ1v) is 15.9. The summed E-state index contributed by atoms with van der Waals surface area (Å²) in [6.45, 7) is 6.79. The minimum Gasteiger partial charge on any atom is -0.467 e. The first kappa shape index (κ1) is 27.6. The van der Waals surface area contributed by atoms with E-state index in [2.05, 4.69) is 19.9 Å². The highest BCUT2D eigenvalue weighted by Crippen LogP contribution is 2.35. The summed E-state index contributed by atoms with van der Waals surface area (Å²) in [4.78, 5) is 20.6. The Morgan fingerprint density at radius 2 is 1.79 bits per heavy atom. The van der Waals surface area contributed by atoms with Crippen LogP contribution in [0.15, 0.2) is 70.2 Å². The van der Waals surface area contributed by atoms with Gasteiger partial charge in [0.05, 0.1) is 27.9 Å². The maximum absolute atomic E-state index is 13.9. The van der Waals surface area contributed by atoms with Crippen molar-refractivity contribution in [3.05, 3.63) is 77.7 Å². The number of rotatable bonds is 9. The largest absolute Gasteiger partial charge is 0.467 e. The molecule has 1 aliphatic carbocycles. The molecule has 2 aromatic carbocycles. The summed E-state index contributed by atoms with van der Waals surface area (Å²) in [6.07, 6.45) is 6.64. The van der Waals surface area contributed by atoms with Crippen LogP contribution in [0.3, 0.4) is 0 Å². The number of aromatic nitrogens is 1. The Labute approximate surface area is 234 Å². The minimum atomic E-state index is -3.65. The number of furan rings is 1. The standard InChI is InChI=1S/C30H35N3O4S2/c1-4-33(23-10-6-5-7-11-23)39(35,36)25-17-15-22(16-18-25)29(34)32(20-24-12-9-19-37-24)30-31-28-26(21(2)3)13-8-14-27(28)38-30/h8-9,12-19,21,23H,4-7,10-11,20H2,1-3H3. The highest BCUT2D eigenvalue weighted by atomic mass is 32.2. The molecule has 4 aromatic rings. The van der Waals surface area contributed by atoms with Gasteiger partial charge in [-0.3, -0.25) is 9.69 Å². The van der Waals surface area contributed by atoms with Gasteiger partial charge in [0.25, 0.3) is 5.91 Å². The van der Waals surface area contributed by atoms with E-state index in [1.54, 1.807) is 45.8 Å².